The largest absolute Gasteiger partial charge is 0.459 e. The number of esters is 2. The predicted octanol–water partition coefficient (Wildman–Crippen LogP) is 5.05. The van der Waals surface area contributed by atoms with E-state index in [0.29, 0.717) is 35.1 Å². The van der Waals surface area contributed by atoms with Gasteiger partial charge in [-0.15, -0.1) is 0 Å². The zero-order valence-corrected chi connectivity index (χ0v) is 22.5. The van der Waals surface area contributed by atoms with E-state index in [-0.39, 0.29) is 6.10 Å². The molecule has 0 saturated carbocycles. The monoisotopic (exact) mass is 535 g/mol. The Morgan fingerprint density at radius 3 is 1.43 bits per heavy atom. The normalized spacial score (nSPS) is 14.8. The molecule has 1 fully saturated rings. The van der Waals surface area contributed by atoms with Gasteiger partial charge in [-0.05, 0) is 31.0 Å². The number of rotatable bonds is 8. The lowest BCUT2D eigenvalue weighted by Crippen LogP contribution is -2.50. The summed E-state index contributed by atoms with van der Waals surface area (Å²) >= 11 is 0. The minimum absolute atomic E-state index is 0.323. The second-order valence-electron chi connectivity index (χ2n) is 10.2. The van der Waals surface area contributed by atoms with Gasteiger partial charge in [-0.25, -0.2) is 9.59 Å². The Hall–Kier alpha value is -4.26. The highest BCUT2D eigenvalue weighted by Crippen LogP contribution is 2.40. The molecule has 1 aliphatic rings. The molecule has 4 aromatic carbocycles. The summed E-state index contributed by atoms with van der Waals surface area (Å²) in [6.07, 6.45) is 1.03. The number of aliphatic hydroxyl groups is 1. The summed E-state index contributed by atoms with van der Waals surface area (Å²) in [5.74, 6) is -1.69. The molecule has 40 heavy (non-hydrogen) atoms. The van der Waals surface area contributed by atoms with Crippen LogP contribution in [-0.4, -0.2) is 48.2 Å². The fourth-order valence-electron chi connectivity index (χ4n) is 5.22. The fourth-order valence-corrected chi connectivity index (χ4v) is 5.22. The SMILES string of the molecule is CN1CCC(OC(=O)C(OC(=O)C(O)(c2ccccc2)c2ccccc2)(c2ccccc2)c2ccccc2)CC1. The highest BCUT2D eigenvalue weighted by Gasteiger charge is 2.53. The summed E-state index contributed by atoms with van der Waals surface area (Å²) in [6, 6.07) is 35.0. The van der Waals surface area contributed by atoms with Gasteiger partial charge in [0.1, 0.15) is 6.10 Å². The van der Waals surface area contributed by atoms with Crippen LogP contribution in [0, 0.1) is 0 Å². The molecule has 0 unspecified atom stereocenters. The molecule has 5 rings (SSSR count). The van der Waals surface area contributed by atoms with Gasteiger partial charge in [0.2, 0.25) is 5.60 Å². The quantitative estimate of drug-likeness (QED) is 0.319. The summed E-state index contributed by atoms with van der Waals surface area (Å²) in [5, 5.41) is 12.2. The average Bonchev–Trinajstić information content (AvgIpc) is 3.02. The summed E-state index contributed by atoms with van der Waals surface area (Å²) in [6.45, 7) is 1.59. The number of ether oxygens (including phenoxy) is 2. The summed E-state index contributed by atoms with van der Waals surface area (Å²) in [5.41, 5.74) is -2.65. The van der Waals surface area contributed by atoms with Gasteiger partial charge in [0.25, 0.3) is 5.60 Å². The lowest BCUT2D eigenvalue weighted by Gasteiger charge is -2.38. The summed E-state index contributed by atoms with van der Waals surface area (Å²) < 4.78 is 12.4. The number of benzene rings is 4. The van der Waals surface area contributed by atoms with Gasteiger partial charge in [-0.2, -0.15) is 0 Å². The van der Waals surface area contributed by atoms with Crippen molar-refractivity contribution >= 4 is 11.9 Å². The maximum atomic E-state index is 14.4. The van der Waals surface area contributed by atoms with Crippen LogP contribution in [-0.2, 0) is 30.3 Å². The molecule has 204 valence electrons. The number of hydrogen-bond donors (Lipinski definition) is 1. The smallest absolute Gasteiger partial charge is 0.360 e. The van der Waals surface area contributed by atoms with Crippen LogP contribution in [0.25, 0.3) is 0 Å². The highest BCUT2D eigenvalue weighted by atomic mass is 16.6. The zero-order chi connectivity index (χ0) is 28.0. The molecule has 0 aromatic heterocycles. The van der Waals surface area contributed by atoms with Crippen molar-refractivity contribution in [3.8, 4) is 0 Å². The Bertz CT molecular complexity index is 1320. The third kappa shape index (κ3) is 5.28. The minimum Gasteiger partial charge on any atom is -0.459 e. The number of carbonyl (C=O) groups is 2. The lowest BCUT2D eigenvalue weighted by atomic mass is 9.83. The Balaban J connectivity index is 1.65. The van der Waals surface area contributed by atoms with Gasteiger partial charge in [-0.3, -0.25) is 0 Å². The maximum Gasteiger partial charge on any atom is 0.360 e. The van der Waals surface area contributed by atoms with E-state index in [1.165, 1.54) is 0 Å². The number of carbonyl (C=O) groups excluding carboxylic acids is 2. The van der Waals surface area contributed by atoms with Crippen molar-refractivity contribution in [3.05, 3.63) is 144 Å². The van der Waals surface area contributed by atoms with Crippen LogP contribution < -0.4 is 0 Å². The van der Waals surface area contributed by atoms with Crippen LogP contribution in [0.1, 0.15) is 35.1 Å². The molecule has 6 heteroatoms. The Kier molecular flexibility index (Phi) is 8.10. The minimum atomic E-state index is -2.19. The number of likely N-dealkylation sites (tertiary alicyclic amines) is 1. The Morgan fingerprint density at radius 2 is 1.02 bits per heavy atom. The van der Waals surface area contributed by atoms with E-state index in [2.05, 4.69) is 4.90 Å². The molecule has 1 aliphatic heterocycles. The number of hydrogen-bond acceptors (Lipinski definition) is 6. The number of piperidine rings is 1. The van der Waals surface area contributed by atoms with Crippen LogP contribution in [0.15, 0.2) is 121 Å². The van der Waals surface area contributed by atoms with Crippen molar-refractivity contribution in [3.63, 3.8) is 0 Å². The van der Waals surface area contributed by atoms with E-state index in [1.807, 2.05) is 19.2 Å². The molecular formula is C34H33NO5. The van der Waals surface area contributed by atoms with E-state index >= 15 is 0 Å². The first-order valence-corrected chi connectivity index (χ1v) is 13.5. The molecule has 1 heterocycles. The molecule has 0 radical (unpaired) electrons. The first-order valence-electron chi connectivity index (χ1n) is 13.5. The van der Waals surface area contributed by atoms with E-state index in [0.717, 1.165) is 13.1 Å². The van der Waals surface area contributed by atoms with Gasteiger partial charge >= 0.3 is 11.9 Å². The van der Waals surface area contributed by atoms with Gasteiger partial charge in [0, 0.05) is 24.2 Å². The number of nitrogens with zero attached hydrogens (tertiary/aromatic N) is 1. The van der Waals surface area contributed by atoms with Crippen molar-refractivity contribution in [2.24, 2.45) is 0 Å². The van der Waals surface area contributed by atoms with E-state index < -0.39 is 23.1 Å². The highest BCUT2D eigenvalue weighted by molar-refractivity contribution is 5.92. The zero-order valence-electron chi connectivity index (χ0n) is 22.5. The predicted molar refractivity (Wildman–Crippen MR) is 152 cm³/mol. The summed E-state index contributed by atoms with van der Waals surface area (Å²) in [4.78, 5) is 30.9. The molecule has 0 aliphatic carbocycles. The van der Waals surface area contributed by atoms with Gasteiger partial charge in [0.15, 0.2) is 0 Å². The second kappa shape index (κ2) is 11.9. The van der Waals surface area contributed by atoms with Crippen molar-refractivity contribution in [2.45, 2.75) is 30.1 Å². The van der Waals surface area contributed by atoms with Crippen molar-refractivity contribution in [1.29, 1.82) is 0 Å². The molecule has 6 nitrogen and oxygen atoms in total. The standard InChI is InChI=1S/C34H33NO5/c1-35-24-22-30(23-25-35)39-32(37)34(28-18-10-4-11-19-28,29-20-12-5-13-21-29)40-31(36)33(38,26-14-6-2-7-15-26)27-16-8-3-9-17-27/h2-21,30,38H,22-25H2,1H3. The van der Waals surface area contributed by atoms with Gasteiger partial charge < -0.3 is 19.5 Å². The topological polar surface area (TPSA) is 76.1 Å². The third-order valence-corrected chi connectivity index (χ3v) is 7.51. The van der Waals surface area contributed by atoms with E-state index in [1.54, 1.807) is 109 Å². The Labute approximate surface area is 234 Å². The van der Waals surface area contributed by atoms with E-state index in [4.69, 9.17) is 9.47 Å². The van der Waals surface area contributed by atoms with Crippen molar-refractivity contribution in [2.75, 3.05) is 20.1 Å². The van der Waals surface area contributed by atoms with Crippen LogP contribution >= 0.6 is 0 Å². The fraction of sp³-hybridized carbons (Fsp3) is 0.235. The molecule has 0 amide bonds. The summed E-state index contributed by atoms with van der Waals surface area (Å²) in [7, 11) is 2.03. The average molecular weight is 536 g/mol. The van der Waals surface area contributed by atoms with Crippen LogP contribution in [0.2, 0.25) is 0 Å². The molecule has 4 aromatic rings. The molecule has 0 spiro atoms. The van der Waals surface area contributed by atoms with Crippen molar-refractivity contribution in [1.82, 2.24) is 4.90 Å². The first-order chi connectivity index (χ1) is 19.4. The third-order valence-electron chi connectivity index (χ3n) is 7.51. The molecular weight excluding hydrogens is 502 g/mol. The van der Waals surface area contributed by atoms with Gasteiger partial charge in [0.05, 0.1) is 0 Å². The Morgan fingerprint density at radius 1 is 0.650 bits per heavy atom. The molecule has 0 bridgehead atoms. The molecule has 1 saturated heterocycles. The van der Waals surface area contributed by atoms with E-state index in [9.17, 15) is 14.7 Å². The molecule has 1 N–H and O–H groups in total. The second-order valence-corrected chi connectivity index (χ2v) is 10.2. The van der Waals surface area contributed by atoms with Crippen LogP contribution in [0.5, 0.6) is 0 Å². The maximum absolute atomic E-state index is 14.4. The lowest BCUT2D eigenvalue weighted by molar-refractivity contribution is -0.193. The van der Waals surface area contributed by atoms with Crippen molar-refractivity contribution < 1.29 is 24.2 Å². The van der Waals surface area contributed by atoms with Crippen LogP contribution in [0.3, 0.4) is 0 Å². The molecule has 0 atom stereocenters. The van der Waals surface area contributed by atoms with Crippen LogP contribution in [0.4, 0.5) is 0 Å². The van der Waals surface area contributed by atoms with Gasteiger partial charge in [-0.1, -0.05) is 121 Å². The first kappa shape index (κ1) is 27.3.